The van der Waals surface area contributed by atoms with Crippen LogP contribution >= 0.6 is 0 Å². The Kier molecular flexibility index (Phi) is 4.36. The molecule has 0 fully saturated rings. The van der Waals surface area contributed by atoms with E-state index in [0.29, 0.717) is 5.92 Å². The molecule has 17 heavy (non-hydrogen) atoms. The van der Waals surface area contributed by atoms with E-state index in [4.69, 9.17) is 0 Å². The minimum Gasteiger partial charge on any atom is -0.272 e. The molecule has 1 unspecified atom stereocenters. The SMILES string of the molecule is CCCCC(CC1=N[N]C=C1)Cn1cccn1. The Morgan fingerprint density at radius 1 is 1.41 bits per heavy atom. The van der Waals surface area contributed by atoms with Crippen LogP contribution in [-0.4, -0.2) is 15.5 Å². The molecule has 4 heteroatoms. The van der Waals surface area contributed by atoms with Gasteiger partial charge >= 0.3 is 0 Å². The number of nitrogens with zero attached hydrogens (tertiary/aromatic N) is 4. The minimum atomic E-state index is 0.603. The van der Waals surface area contributed by atoms with E-state index in [1.54, 1.807) is 6.20 Å². The molecule has 0 saturated carbocycles. The predicted molar refractivity (Wildman–Crippen MR) is 68.6 cm³/mol. The average molecular weight is 231 g/mol. The van der Waals surface area contributed by atoms with Gasteiger partial charge in [-0.2, -0.15) is 15.6 Å². The van der Waals surface area contributed by atoms with E-state index in [-0.39, 0.29) is 0 Å². The van der Waals surface area contributed by atoms with Gasteiger partial charge in [-0.1, -0.05) is 19.8 Å². The molecule has 0 aromatic carbocycles. The van der Waals surface area contributed by atoms with Gasteiger partial charge in [-0.15, -0.1) is 0 Å². The first-order valence-corrected chi connectivity index (χ1v) is 6.29. The van der Waals surface area contributed by atoms with Gasteiger partial charge in [0.2, 0.25) is 0 Å². The third kappa shape index (κ3) is 3.73. The lowest BCUT2D eigenvalue weighted by Crippen LogP contribution is -2.14. The van der Waals surface area contributed by atoms with Gasteiger partial charge in [-0.25, -0.2) is 0 Å². The summed E-state index contributed by atoms with van der Waals surface area (Å²) in [7, 11) is 0. The van der Waals surface area contributed by atoms with Crippen LogP contribution in [0.4, 0.5) is 0 Å². The summed E-state index contributed by atoms with van der Waals surface area (Å²) in [5, 5.41) is 8.39. The quantitative estimate of drug-likeness (QED) is 0.711. The molecule has 0 aliphatic carbocycles. The van der Waals surface area contributed by atoms with Gasteiger partial charge in [0.15, 0.2) is 0 Å². The van der Waals surface area contributed by atoms with E-state index in [9.17, 15) is 0 Å². The van der Waals surface area contributed by atoms with Crippen molar-refractivity contribution in [3.8, 4) is 0 Å². The highest BCUT2D eigenvalue weighted by Crippen LogP contribution is 2.17. The van der Waals surface area contributed by atoms with Gasteiger partial charge in [-0.3, -0.25) is 4.68 Å². The molecule has 1 radical (unpaired) electrons. The van der Waals surface area contributed by atoms with Crippen LogP contribution in [0.3, 0.4) is 0 Å². The van der Waals surface area contributed by atoms with Crippen molar-refractivity contribution in [2.45, 2.75) is 39.2 Å². The fourth-order valence-electron chi connectivity index (χ4n) is 2.09. The van der Waals surface area contributed by atoms with Crippen LogP contribution in [0.15, 0.2) is 35.8 Å². The van der Waals surface area contributed by atoms with Crippen LogP contribution in [0.25, 0.3) is 0 Å². The van der Waals surface area contributed by atoms with Crippen molar-refractivity contribution in [1.29, 1.82) is 0 Å². The average Bonchev–Trinajstić information content (AvgIpc) is 2.99. The number of rotatable bonds is 7. The van der Waals surface area contributed by atoms with Crippen molar-refractivity contribution in [2.75, 3.05) is 0 Å². The third-order valence-electron chi connectivity index (χ3n) is 2.99. The van der Waals surface area contributed by atoms with Crippen LogP contribution in [-0.2, 0) is 6.54 Å². The molecule has 1 aliphatic heterocycles. The molecule has 4 nitrogen and oxygen atoms in total. The van der Waals surface area contributed by atoms with Gasteiger partial charge in [-0.05, 0) is 30.9 Å². The van der Waals surface area contributed by atoms with E-state index in [1.165, 1.54) is 19.3 Å². The van der Waals surface area contributed by atoms with Crippen molar-refractivity contribution in [3.63, 3.8) is 0 Å². The van der Waals surface area contributed by atoms with Crippen LogP contribution in [0.1, 0.15) is 32.6 Å². The highest BCUT2D eigenvalue weighted by molar-refractivity contribution is 5.96. The fourth-order valence-corrected chi connectivity index (χ4v) is 2.09. The summed E-state index contributed by atoms with van der Waals surface area (Å²) in [6.45, 7) is 3.20. The van der Waals surface area contributed by atoms with Crippen LogP contribution in [0, 0.1) is 5.92 Å². The summed E-state index contributed by atoms with van der Waals surface area (Å²) >= 11 is 0. The Balaban J connectivity index is 1.90. The molecule has 1 aliphatic rings. The number of hydrogen-bond acceptors (Lipinski definition) is 2. The summed E-state index contributed by atoms with van der Waals surface area (Å²) in [4.78, 5) is 0. The maximum Gasteiger partial charge on any atom is 0.0649 e. The maximum atomic E-state index is 4.27. The van der Waals surface area contributed by atoms with Crippen molar-refractivity contribution in [2.24, 2.45) is 11.0 Å². The zero-order chi connectivity index (χ0) is 11.9. The Hall–Kier alpha value is -1.58. The zero-order valence-corrected chi connectivity index (χ0v) is 10.3. The van der Waals surface area contributed by atoms with Gasteiger partial charge in [0.1, 0.15) is 0 Å². The minimum absolute atomic E-state index is 0.603. The molecular weight excluding hydrogens is 212 g/mol. The Labute approximate surface area is 102 Å². The van der Waals surface area contributed by atoms with E-state index >= 15 is 0 Å². The smallest absolute Gasteiger partial charge is 0.0649 e. The number of unbranched alkanes of at least 4 members (excludes halogenated alkanes) is 1. The molecule has 0 bridgehead atoms. The van der Waals surface area contributed by atoms with Crippen molar-refractivity contribution >= 4 is 5.71 Å². The topological polar surface area (TPSA) is 44.3 Å². The molecule has 2 heterocycles. The first-order valence-electron chi connectivity index (χ1n) is 6.29. The van der Waals surface area contributed by atoms with Gasteiger partial charge in [0.05, 0.1) is 11.9 Å². The summed E-state index contributed by atoms with van der Waals surface area (Å²) in [6, 6.07) is 1.97. The van der Waals surface area contributed by atoms with Gasteiger partial charge in [0.25, 0.3) is 0 Å². The van der Waals surface area contributed by atoms with E-state index in [0.717, 1.165) is 18.7 Å². The summed E-state index contributed by atoms with van der Waals surface area (Å²) in [5.41, 5.74) is 4.98. The molecule has 1 aromatic heterocycles. The van der Waals surface area contributed by atoms with E-state index < -0.39 is 0 Å². The summed E-state index contributed by atoms with van der Waals surface area (Å²) in [6.07, 6.45) is 12.3. The van der Waals surface area contributed by atoms with Crippen molar-refractivity contribution in [1.82, 2.24) is 15.2 Å². The second kappa shape index (κ2) is 6.23. The monoisotopic (exact) mass is 231 g/mol. The third-order valence-corrected chi connectivity index (χ3v) is 2.99. The largest absolute Gasteiger partial charge is 0.272 e. The Morgan fingerprint density at radius 3 is 3.00 bits per heavy atom. The summed E-state index contributed by atoms with van der Waals surface area (Å²) in [5.74, 6) is 0.603. The molecule has 0 spiro atoms. The number of allylic oxidation sites excluding steroid dienone is 1. The van der Waals surface area contributed by atoms with Crippen LogP contribution in [0.5, 0.6) is 0 Å². The lowest BCUT2D eigenvalue weighted by Gasteiger charge is -2.15. The molecule has 1 aromatic rings. The standard InChI is InChI=1S/C13H19N4/c1-2-3-5-12(10-13-6-8-14-16-13)11-17-9-4-7-15-17/h4,6-9,12H,2-3,5,10-11H2,1H3. The Morgan fingerprint density at radius 2 is 2.35 bits per heavy atom. The van der Waals surface area contributed by atoms with Crippen LogP contribution in [0.2, 0.25) is 0 Å². The van der Waals surface area contributed by atoms with Gasteiger partial charge in [0, 0.05) is 18.9 Å². The number of aromatic nitrogens is 2. The second-order valence-corrected chi connectivity index (χ2v) is 4.46. The fraction of sp³-hybridized carbons (Fsp3) is 0.538. The lowest BCUT2D eigenvalue weighted by atomic mass is 9.96. The van der Waals surface area contributed by atoms with Crippen LogP contribution < -0.4 is 5.43 Å². The highest BCUT2D eigenvalue weighted by Gasteiger charge is 2.13. The molecule has 1 atom stereocenters. The second-order valence-electron chi connectivity index (χ2n) is 4.46. The number of hydrogen-bond donors (Lipinski definition) is 0. The molecular formula is C13H19N4. The van der Waals surface area contributed by atoms with E-state index in [2.05, 4.69) is 22.5 Å². The van der Waals surface area contributed by atoms with E-state index in [1.807, 2.05) is 29.2 Å². The molecule has 0 amide bonds. The maximum absolute atomic E-state index is 4.27. The van der Waals surface area contributed by atoms with Gasteiger partial charge < -0.3 is 0 Å². The highest BCUT2D eigenvalue weighted by atomic mass is 15.3. The first-order chi connectivity index (χ1) is 8.38. The van der Waals surface area contributed by atoms with Crippen molar-refractivity contribution in [3.05, 3.63) is 30.7 Å². The lowest BCUT2D eigenvalue weighted by molar-refractivity contribution is 0.393. The molecule has 0 saturated heterocycles. The zero-order valence-electron chi connectivity index (χ0n) is 10.3. The predicted octanol–water partition coefficient (Wildman–Crippen LogP) is 2.57. The molecule has 91 valence electrons. The summed E-state index contributed by atoms with van der Waals surface area (Å²) < 4.78 is 2.01. The normalized spacial score (nSPS) is 15.7. The molecule has 0 N–H and O–H groups in total. The Bertz CT molecular complexity index is 378. The molecule has 2 rings (SSSR count). The van der Waals surface area contributed by atoms with Crippen molar-refractivity contribution < 1.29 is 0 Å². The first kappa shape index (κ1) is 11.9.